The van der Waals surface area contributed by atoms with E-state index in [1.165, 1.54) is 5.56 Å². The minimum absolute atomic E-state index is 0.00399. The summed E-state index contributed by atoms with van der Waals surface area (Å²) in [6.07, 6.45) is 0.828. The second kappa shape index (κ2) is 11.0. The molecule has 0 spiro atoms. The van der Waals surface area contributed by atoms with Crippen LogP contribution in [0.5, 0.6) is 0 Å². The molecule has 2 aromatic carbocycles. The molecule has 1 aliphatic heterocycles. The number of nitrogens with zero attached hydrogens (tertiary/aromatic N) is 3. The van der Waals surface area contributed by atoms with Crippen LogP contribution in [0.4, 0.5) is 4.79 Å². The molecule has 0 atom stereocenters. The van der Waals surface area contributed by atoms with Gasteiger partial charge in [0.25, 0.3) is 5.91 Å². The molecule has 34 heavy (non-hydrogen) atoms. The number of nitrogens with one attached hydrogen (secondary N) is 2. The van der Waals surface area contributed by atoms with E-state index >= 15 is 0 Å². The van der Waals surface area contributed by atoms with Crippen LogP contribution in [0.3, 0.4) is 0 Å². The lowest BCUT2D eigenvalue weighted by molar-refractivity contribution is 0.0963. The molecule has 1 saturated heterocycles. The molecule has 1 aliphatic rings. The van der Waals surface area contributed by atoms with Gasteiger partial charge in [-0.1, -0.05) is 30.3 Å². The number of piperazine rings is 1. The van der Waals surface area contributed by atoms with E-state index in [4.69, 9.17) is 9.40 Å². The molecule has 1 fully saturated rings. The lowest BCUT2D eigenvalue weighted by Crippen LogP contribution is -2.51. The molecular formula is C26H31N5O3. The van der Waals surface area contributed by atoms with E-state index in [9.17, 15) is 9.59 Å². The highest BCUT2D eigenvalue weighted by Crippen LogP contribution is 2.23. The number of oxazole rings is 1. The molecule has 178 valence electrons. The molecule has 0 unspecified atom stereocenters. The number of carbonyl (C=O) groups is 2. The van der Waals surface area contributed by atoms with Crippen LogP contribution in [-0.4, -0.2) is 66.5 Å². The smallest absolute Gasteiger partial charge is 0.317 e. The van der Waals surface area contributed by atoms with Crippen molar-refractivity contribution in [2.45, 2.75) is 19.9 Å². The summed E-state index contributed by atoms with van der Waals surface area (Å²) in [6, 6.07) is 17.4. The van der Waals surface area contributed by atoms with Gasteiger partial charge in [0.2, 0.25) is 5.89 Å². The van der Waals surface area contributed by atoms with Crippen LogP contribution < -0.4 is 10.6 Å². The van der Waals surface area contributed by atoms with Crippen molar-refractivity contribution in [3.8, 4) is 11.5 Å². The predicted molar refractivity (Wildman–Crippen MR) is 130 cm³/mol. The van der Waals surface area contributed by atoms with Gasteiger partial charge in [0.05, 0.1) is 5.69 Å². The summed E-state index contributed by atoms with van der Waals surface area (Å²) in [5.74, 6) is 1.21. The van der Waals surface area contributed by atoms with Gasteiger partial charge < -0.3 is 20.0 Å². The second-order valence-corrected chi connectivity index (χ2v) is 8.41. The van der Waals surface area contributed by atoms with Crippen molar-refractivity contribution in [2.24, 2.45) is 0 Å². The largest absolute Gasteiger partial charge is 0.441 e. The van der Waals surface area contributed by atoms with Crippen molar-refractivity contribution in [3.63, 3.8) is 0 Å². The third kappa shape index (κ3) is 5.82. The lowest BCUT2D eigenvalue weighted by atomic mass is 10.1. The number of benzene rings is 2. The van der Waals surface area contributed by atoms with Gasteiger partial charge in [-0.2, -0.15) is 0 Å². The summed E-state index contributed by atoms with van der Waals surface area (Å²) in [5.41, 5.74) is 3.54. The molecule has 0 bridgehead atoms. The van der Waals surface area contributed by atoms with Crippen molar-refractivity contribution >= 4 is 11.9 Å². The summed E-state index contributed by atoms with van der Waals surface area (Å²) < 4.78 is 5.90. The van der Waals surface area contributed by atoms with Crippen molar-refractivity contribution in [2.75, 3.05) is 39.8 Å². The van der Waals surface area contributed by atoms with E-state index in [0.29, 0.717) is 37.6 Å². The summed E-state index contributed by atoms with van der Waals surface area (Å²) >= 11 is 0. The molecule has 3 amide bonds. The zero-order valence-corrected chi connectivity index (χ0v) is 19.7. The van der Waals surface area contributed by atoms with Crippen LogP contribution in [0.25, 0.3) is 11.5 Å². The molecule has 8 nitrogen and oxygen atoms in total. The minimum Gasteiger partial charge on any atom is -0.441 e. The fraction of sp³-hybridized carbons (Fsp3) is 0.346. The first-order chi connectivity index (χ1) is 16.5. The molecule has 0 aliphatic carbocycles. The standard InChI is InChI=1S/C26H31N5O3/c1-19-23(29-25(34-19)22-10-8-21(9-11-22)24(32)27-2)18-30-14-16-31(17-15-30)26(33)28-13-12-20-6-4-3-5-7-20/h3-11H,12-18H2,1-2H3,(H,27,32)(H,28,33). The zero-order valence-electron chi connectivity index (χ0n) is 19.7. The van der Waals surface area contributed by atoms with Crippen LogP contribution in [0, 0.1) is 6.92 Å². The van der Waals surface area contributed by atoms with Crippen LogP contribution in [0.1, 0.15) is 27.4 Å². The molecule has 2 N–H and O–H groups in total. The minimum atomic E-state index is -0.125. The first kappa shape index (κ1) is 23.5. The number of carbonyl (C=O) groups excluding carboxylic acids is 2. The Kier molecular flexibility index (Phi) is 7.59. The maximum atomic E-state index is 12.5. The SMILES string of the molecule is CNC(=O)c1ccc(-c2nc(CN3CCN(C(=O)NCCc4ccccc4)CC3)c(C)o2)cc1. The molecule has 2 heterocycles. The van der Waals surface area contributed by atoms with Crippen molar-refractivity contribution in [1.82, 2.24) is 25.4 Å². The summed E-state index contributed by atoms with van der Waals surface area (Å²) in [4.78, 5) is 33.1. The summed E-state index contributed by atoms with van der Waals surface area (Å²) in [5, 5.41) is 5.64. The monoisotopic (exact) mass is 461 g/mol. The van der Waals surface area contributed by atoms with Gasteiger partial charge in [-0.3, -0.25) is 9.69 Å². The van der Waals surface area contributed by atoms with Crippen LogP contribution in [0.15, 0.2) is 59.0 Å². The normalized spacial score (nSPS) is 14.1. The van der Waals surface area contributed by atoms with Crippen LogP contribution in [-0.2, 0) is 13.0 Å². The number of urea groups is 1. The van der Waals surface area contributed by atoms with Crippen molar-refractivity contribution in [3.05, 3.63) is 77.2 Å². The van der Waals surface area contributed by atoms with Gasteiger partial charge in [-0.25, -0.2) is 9.78 Å². The first-order valence-electron chi connectivity index (χ1n) is 11.6. The Balaban J connectivity index is 1.26. The number of hydrogen-bond acceptors (Lipinski definition) is 5. The fourth-order valence-corrected chi connectivity index (χ4v) is 4.00. The highest BCUT2D eigenvalue weighted by atomic mass is 16.4. The molecule has 1 aromatic heterocycles. The van der Waals surface area contributed by atoms with Gasteiger partial charge in [0.1, 0.15) is 5.76 Å². The van der Waals surface area contributed by atoms with Crippen molar-refractivity contribution in [1.29, 1.82) is 0 Å². The number of aromatic nitrogens is 1. The Bertz CT molecular complexity index is 1100. The van der Waals surface area contributed by atoms with E-state index in [1.54, 1.807) is 19.2 Å². The Hall–Kier alpha value is -3.65. The van der Waals surface area contributed by atoms with Crippen LogP contribution >= 0.6 is 0 Å². The predicted octanol–water partition coefficient (Wildman–Crippen LogP) is 3.08. The van der Waals surface area contributed by atoms with E-state index < -0.39 is 0 Å². The maximum absolute atomic E-state index is 12.5. The summed E-state index contributed by atoms with van der Waals surface area (Å²) in [6.45, 7) is 6.16. The quantitative estimate of drug-likeness (QED) is 0.564. The average Bonchev–Trinajstić information content (AvgIpc) is 3.24. The molecule has 0 saturated carbocycles. The molecule has 0 radical (unpaired) electrons. The maximum Gasteiger partial charge on any atom is 0.317 e. The molecule has 4 rings (SSSR count). The molecular weight excluding hydrogens is 430 g/mol. The number of amides is 3. The first-order valence-corrected chi connectivity index (χ1v) is 11.6. The van der Waals surface area contributed by atoms with Gasteiger partial charge in [-0.15, -0.1) is 0 Å². The number of aryl methyl sites for hydroxylation is 1. The van der Waals surface area contributed by atoms with E-state index in [1.807, 2.05) is 42.2 Å². The lowest BCUT2D eigenvalue weighted by Gasteiger charge is -2.34. The Morgan fingerprint density at radius 2 is 1.71 bits per heavy atom. The van der Waals surface area contributed by atoms with Gasteiger partial charge in [0, 0.05) is 57.4 Å². The Morgan fingerprint density at radius 1 is 1.00 bits per heavy atom. The second-order valence-electron chi connectivity index (χ2n) is 8.41. The van der Waals surface area contributed by atoms with Gasteiger partial charge in [-0.05, 0) is 43.2 Å². The highest BCUT2D eigenvalue weighted by molar-refractivity contribution is 5.94. The van der Waals surface area contributed by atoms with E-state index in [2.05, 4.69) is 27.7 Å². The average molecular weight is 462 g/mol. The molecule has 3 aromatic rings. The van der Waals surface area contributed by atoms with Crippen LogP contribution in [0.2, 0.25) is 0 Å². The van der Waals surface area contributed by atoms with Crippen molar-refractivity contribution < 1.29 is 14.0 Å². The number of hydrogen-bond donors (Lipinski definition) is 2. The Morgan fingerprint density at radius 3 is 2.38 bits per heavy atom. The zero-order chi connectivity index (χ0) is 23.9. The Labute approximate surface area is 200 Å². The molecule has 8 heteroatoms. The van der Waals surface area contributed by atoms with E-state index in [0.717, 1.165) is 36.5 Å². The third-order valence-electron chi connectivity index (χ3n) is 6.08. The van der Waals surface area contributed by atoms with Gasteiger partial charge in [0.15, 0.2) is 0 Å². The fourth-order valence-electron chi connectivity index (χ4n) is 4.00. The van der Waals surface area contributed by atoms with Gasteiger partial charge >= 0.3 is 6.03 Å². The summed E-state index contributed by atoms with van der Waals surface area (Å²) in [7, 11) is 1.61. The topological polar surface area (TPSA) is 90.7 Å². The number of rotatable bonds is 7. The third-order valence-corrected chi connectivity index (χ3v) is 6.08. The van der Waals surface area contributed by atoms with E-state index in [-0.39, 0.29) is 11.9 Å². The highest BCUT2D eigenvalue weighted by Gasteiger charge is 2.23.